The zero-order valence-electron chi connectivity index (χ0n) is 12.9. The fraction of sp³-hybridized carbons (Fsp3) is 0.111. The van der Waals surface area contributed by atoms with Crippen molar-refractivity contribution in [3.8, 4) is 17.4 Å². The van der Waals surface area contributed by atoms with Gasteiger partial charge in [0.1, 0.15) is 0 Å². The van der Waals surface area contributed by atoms with Crippen LogP contribution in [0.15, 0.2) is 70.1 Å². The molecule has 5 nitrogen and oxygen atoms in total. The van der Waals surface area contributed by atoms with E-state index in [-0.39, 0.29) is 10.5 Å². The van der Waals surface area contributed by atoms with Gasteiger partial charge in [-0.05, 0) is 19.1 Å². The summed E-state index contributed by atoms with van der Waals surface area (Å²) in [5, 5.41) is 12.1. The molecule has 0 amide bonds. The Morgan fingerprint density at radius 1 is 1.04 bits per heavy atom. The predicted octanol–water partition coefficient (Wildman–Crippen LogP) is 3.69. The summed E-state index contributed by atoms with van der Waals surface area (Å²) in [6, 6.07) is 18.9. The highest BCUT2D eigenvalue weighted by Crippen LogP contribution is 2.37. The molecule has 1 unspecified atom stereocenters. The summed E-state index contributed by atoms with van der Waals surface area (Å²) in [7, 11) is -3.89. The van der Waals surface area contributed by atoms with Crippen LogP contribution in [0.1, 0.15) is 16.5 Å². The molecular weight excluding hydrogens is 324 g/mol. The van der Waals surface area contributed by atoms with E-state index in [1.807, 2.05) is 24.3 Å². The molecular formula is C18H14N2O3S. The van der Waals surface area contributed by atoms with E-state index in [0.717, 1.165) is 0 Å². The van der Waals surface area contributed by atoms with E-state index in [1.54, 1.807) is 37.3 Å². The molecule has 6 heteroatoms. The normalized spacial score (nSPS) is 12.5. The topological polar surface area (TPSA) is 84.0 Å². The van der Waals surface area contributed by atoms with Gasteiger partial charge in [0.15, 0.2) is 20.8 Å². The van der Waals surface area contributed by atoms with Gasteiger partial charge in [0.05, 0.1) is 22.2 Å². The fourth-order valence-corrected chi connectivity index (χ4v) is 4.05. The van der Waals surface area contributed by atoms with Crippen LogP contribution in [-0.2, 0) is 9.84 Å². The first-order valence-corrected chi connectivity index (χ1v) is 8.80. The Hall–Kier alpha value is -2.91. The third-order valence-electron chi connectivity index (χ3n) is 3.71. The lowest BCUT2D eigenvalue weighted by Gasteiger charge is -2.11. The Labute approximate surface area is 140 Å². The monoisotopic (exact) mass is 338 g/mol. The van der Waals surface area contributed by atoms with Crippen LogP contribution in [0, 0.1) is 18.3 Å². The van der Waals surface area contributed by atoms with Crippen LogP contribution >= 0.6 is 0 Å². The second-order valence-electron chi connectivity index (χ2n) is 5.24. The van der Waals surface area contributed by atoms with Gasteiger partial charge in [0, 0.05) is 5.56 Å². The third kappa shape index (κ3) is 2.70. The SMILES string of the molecule is Cc1noc(-c2ccccc2)c1C(C#N)S(=O)(=O)c1ccccc1. The maximum absolute atomic E-state index is 12.9. The van der Waals surface area contributed by atoms with Crippen molar-refractivity contribution >= 4 is 9.84 Å². The Balaban J connectivity index is 2.18. The first-order valence-electron chi connectivity index (χ1n) is 7.26. The number of aryl methyl sites for hydroxylation is 1. The number of hydrogen-bond donors (Lipinski definition) is 0. The Bertz CT molecular complexity index is 988. The van der Waals surface area contributed by atoms with Gasteiger partial charge < -0.3 is 4.52 Å². The highest BCUT2D eigenvalue weighted by atomic mass is 32.2. The number of rotatable bonds is 4. The molecule has 0 radical (unpaired) electrons. The minimum atomic E-state index is -3.89. The Morgan fingerprint density at radius 2 is 1.62 bits per heavy atom. The number of sulfone groups is 1. The van der Waals surface area contributed by atoms with Gasteiger partial charge in [-0.25, -0.2) is 8.42 Å². The molecule has 24 heavy (non-hydrogen) atoms. The number of benzene rings is 2. The minimum Gasteiger partial charge on any atom is -0.356 e. The summed E-state index contributed by atoms with van der Waals surface area (Å²) < 4.78 is 31.1. The molecule has 3 rings (SSSR count). The number of aromatic nitrogens is 1. The zero-order chi connectivity index (χ0) is 17.2. The van der Waals surface area contributed by atoms with Crippen LogP contribution in [0.4, 0.5) is 0 Å². The van der Waals surface area contributed by atoms with E-state index in [1.165, 1.54) is 12.1 Å². The van der Waals surface area contributed by atoms with E-state index in [0.29, 0.717) is 17.0 Å². The van der Waals surface area contributed by atoms with E-state index in [4.69, 9.17) is 4.52 Å². The molecule has 0 bridgehead atoms. The summed E-state index contributed by atoms with van der Waals surface area (Å²) in [4.78, 5) is 0.0937. The van der Waals surface area contributed by atoms with Crippen molar-refractivity contribution in [2.75, 3.05) is 0 Å². The molecule has 3 aromatic rings. The first kappa shape index (κ1) is 16.0. The lowest BCUT2D eigenvalue weighted by atomic mass is 10.0. The van der Waals surface area contributed by atoms with E-state index >= 15 is 0 Å². The van der Waals surface area contributed by atoms with Crippen molar-refractivity contribution in [3.63, 3.8) is 0 Å². The number of nitrogens with zero attached hydrogens (tertiary/aromatic N) is 2. The van der Waals surface area contributed by atoms with Crippen molar-refractivity contribution in [3.05, 3.63) is 71.9 Å². The quantitative estimate of drug-likeness (QED) is 0.724. The number of nitriles is 1. The maximum atomic E-state index is 12.9. The highest BCUT2D eigenvalue weighted by molar-refractivity contribution is 7.92. The van der Waals surface area contributed by atoms with Crippen molar-refractivity contribution in [2.45, 2.75) is 17.1 Å². The van der Waals surface area contributed by atoms with Crippen molar-refractivity contribution in [2.24, 2.45) is 0 Å². The van der Waals surface area contributed by atoms with Gasteiger partial charge in [-0.15, -0.1) is 0 Å². The van der Waals surface area contributed by atoms with Crippen LogP contribution in [-0.4, -0.2) is 13.6 Å². The van der Waals surface area contributed by atoms with Crippen LogP contribution in [0.3, 0.4) is 0 Å². The average molecular weight is 338 g/mol. The predicted molar refractivity (Wildman–Crippen MR) is 88.7 cm³/mol. The van der Waals surface area contributed by atoms with E-state index in [9.17, 15) is 13.7 Å². The molecule has 0 fully saturated rings. The van der Waals surface area contributed by atoms with Crippen LogP contribution in [0.2, 0.25) is 0 Å². The van der Waals surface area contributed by atoms with Crippen molar-refractivity contribution in [1.29, 1.82) is 5.26 Å². The smallest absolute Gasteiger partial charge is 0.199 e. The largest absolute Gasteiger partial charge is 0.356 e. The van der Waals surface area contributed by atoms with Crippen molar-refractivity contribution in [1.82, 2.24) is 5.16 Å². The van der Waals surface area contributed by atoms with Crippen LogP contribution in [0.5, 0.6) is 0 Å². The first-order chi connectivity index (χ1) is 11.6. The third-order valence-corrected chi connectivity index (χ3v) is 5.60. The maximum Gasteiger partial charge on any atom is 0.199 e. The average Bonchev–Trinajstić information content (AvgIpc) is 2.98. The van der Waals surface area contributed by atoms with E-state index in [2.05, 4.69) is 5.16 Å². The standard InChI is InChI=1S/C18H14N2O3S/c1-13-17(18(23-20-13)14-8-4-2-5-9-14)16(12-19)24(21,22)15-10-6-3-7-11-15/h2-11,16H,1H3. The molecule has 0 aliphatic rings. The highest BCUT2D eigenvalue weighted by Gasteiger charge is 2.35. The number of hydrogen-bond acceptors (Lipinski definition) is 5. The van der Waals surface area contributed by atoms with Gasteiger partial charge in [0.25, 0.3) is 0 Å². The fourth-order valence-electron chi connectivity index (χ4n) is 2.52. The molecule has 0 aliphatic heterocycles. The molecule has 1 atom stereocenters. The van der Waals surface area contributed by atoms with Crippen molar-refractivity contribution < 1.29 is 12.9 Å². The molecule has 0 spiro atoms. The second-order valence-corrected chi connectivity index (χ2v) is 7.28. The minimum absolute atomic E-state index is 0.0937. The zero-order valence-corrected chi connectivity index (χ0v) is 13.7. The molecule has 1 heterocycles. The lowest BCUT2D eigenvalue weighted by Crippen LogP contribution is -2.13. The van der Waals surface area contributed by atoms with Crippen LogP contribution in [0.25, 0.3) is 11.3 Å². The summed E-state index contributed by atoms with van der Waals surface area (Å²) in [6.07, 6.45) is 0. The molecule has 0 N–H and O–H groups in total. The van der Waals surface area contributed by atoms with Gasteiger partial charge >= 0.3 is 0 Å². The summed E-state index contributed by atoms with van der Waals surface area (Å²) >= 11 is 0. The van der Waals surface area contributed by atoms with Gasteiger partial charge in [-0.2, -0.15) is 5.26 Å². The van der Waals surface area contributed by atoms with Gasteiger partial charge in [-0.1, -0.05) is 53.7 Å². The summed E-state index contributed by atoms with van der Waals surface area (Å²) in [6.45, 7) is 1.64. The molecule has 0 saturated carbocycles. The van der Waals surface area contributed by atoms with Crippen LogP contribution < -0.4 is 0 Å². The summed E-state index contributed by atoms with van der Waals surface area (Å²) in [5.41, 5.74) is 1.35. The Morgan fingerprint density at radius 3 is 2.21 bits per heavy atom. The molecule has 2 aromatic carbocycles. The molecule has 120 valence electrons. The second kappa shape index (κ2) is 6.30. The summed E-state index contributed by atoms with van der Waals surface area (Å²) in [5.74, 6) is 0.305. The van der Waals surface area contributed by atoms with Gasteiger partial charge in [-0.3, -0.25) is 0 Å². The molecule has 1 aromatic heterocycles. The van der Waals surface area contributed by atoms with Gasteiger partial charge in [0.2, 0.25) is 0 Å². The van der Waals surface area contributed by atoms with E-state index < -0.39 is 15.1 Å². The molecule has 0 aliphatic carbocycles. The lowest BCUT2D eigenvalue weighted by molar-refractivity contribution is 0.426. The Kier molecular flexibility index (Phi) is 4.19. The molecule has 0 saturated heterocycles.